The predicted molar refractivity (Wildman–Crippen MR) is 89.7 cm³/mol. The van der Waals surface area contributed by atoms with E-state index in [4.69, 9.17) is 9.62 Å². The molecule has 0 spiro atoms. The summed E-state index contributed by atoms with van der Waals surface area (Å²) in [7, 11) is 0. The van der Waals surface area contributed by atoms with Crippen LogP contribution >= 0.6 is 0 Å². The molecule has 0 radical (unpaired) electrons. The molecule has 0 heterocycles. The summed E-state index contributed by atoms with van der Waals surface area (Å²) >= 11 is 0. The molecule has 0 unspecified atom stereocenters. The third-order valence-electron chi connectivity index (χ3n) is 3.90. The van der Waals surface area contributed by atoms with Gasteiger partial charge >= 0.3 is 6.16 Å². The third-order valence-corrected chi connectivity index (χ3v) is 3.90. The monoisotopic (exact) mass is 316 g/mol. The summed E-state index contributed by atoms with van der Waals surface area (Å²) in [5, 5.41) is 0. The molecule has 132 valence electrons. The third kappa shape index (κ3) is 14.2. The molecule has 4 heteroatoms. The molecule has 0 saturated heterocycles. The summed E-state index contributed by atoms with van der Waals surface area (Å²) in [6.45, 7) is 8.35. The van der Waals surface area contributed by atoms with Crippen molar-refractivity contribution in [2.75, 3.05) is 6.61 Å². The Morgan fingerprint density at radius 2 is 1.32 bits per heavy atom. The second kappa shape index (κ2) is 13.9. The number of rotatable bonds is 14. The number of hydrogen-bond donors (Lipinski definition) is 0. The lowest BCUT2D eigenvalue weighted by atomic mass is 10.1. The van der Waals surface area contributed by atoms with Gasteiger partial charge in [-0.15, -0.1) is 0 Å². The maximum Gasteiger partial charge on any atom is 0.540 e. The minimum atomic E-state index is -0.738. The Morgan fingerprint density at radius 3 is 1.82 bits per heavy atom. The van der Waals surface area contributed by atoms with Crippen LogP contribution in [0.25, 0.3) is 0 Å². The zero-order chi connectivity index (χ0) is 16.7. The minimum absolute atomic E-state index is 0.408. The molecule has 0 aromatic rings. The molecule has 0 aliphatic rings. The van der Waals surface area contributed by atoms with Crippen LogP contribution in [0.2, 0.25) is 0 Å². The first kappa shape index (κ1) is 21.2. The molecule has 4 nitrogen and oxygen atoms in total. The number of ether oxygens (including phenoxy) is 1. The number of carbonyl (C=O) groups excluding carboxylic acids is 1. The highest BCUT2D eigenvalue weighted by Gasteiger charge is 2.20. The quantitative estimate of drug-likeness (QED) is 0.166. The number of hydrogen-bond acceptors (Lipinski definition) is 4. The largest absolute Gasteiger partial charge is 0.540 e. The van der Waals surface area contributed by atoms with Gasteiger partial charge in [-0.05, 0) is 26.7 Å². The molecule has 0 saturated carbocycles. The van der Waals surface area contributed by atoms with Crippen LogP contribution in [-0.2, 0) is 14.5 Å². The van der Waals surface area contributed by atoms with E-state index in [0.717, 1.165) is 19.3 Å². The summed E-state index contributed by atoms with van der Waals surface area (Å²) in [6, 6.07) is 0. The lowest BCUT2D eigenvalue weighted by Gasteiger charge is -2.19. The average molecular weight is 316 g/mol. The standard InChI is InChI=1S/C18H36O4/c1-5-7-8-9-10-11-12-13-14-15-16-20-17(19)21-22-18(3,4)6-2/h5-16H2,1-4H3. The molecular weight excluding hydrogens is 280 g/mol. The number of unbranched alkanes of at least 4 members (excludes halogenated alkanes) is 9. The van der Waals surface area contributed by atoms with Crippen LogP contribution in [0.3, 0.4) is 0 Å². The predicted octanol–water partition coefficient (Wildman–Crippen LogP) is 6.18. The van der Waals surface area contributed by atoms with Gasteiger partial charge in [0.2, 0.25) is 0 Å². The highest BCUT2D eigenvalue weighted by molar-refractivity contribution is 5.58. The Bertz CT molecular complexity index is 264. The fourth-order valence-electron chi connectivity index (χ4n) is 1.97. The SMILES string of the molecule is CCCCCCCCCCCCOC(=O)OOC(C)(C)CC. The van der Waals surface area contributed by atoms with Crippen molar-refractivity contribution >= 4 is 6.16 Å². The van der Waals surface area contributed by atoms with Crippen molar-refractivity contribution in [1.82, 2.24) is 0 Å². The zero-order valence-electron chi connectivity index (χ0n) is 15.1. The van der Waals surface area contributed by atoms with E-state index in [1.165, 1.54) is 51.4 Å². The Hall–Kier alpha value is -0.770. The second-order valence-corrected chi connectivity index (χ2v) is 6.56. The lowest BCUT2D eigenvalue weighted by molar-refractivity contribution is -0.317. The Labute approximate surface area is 136 Å². The maximum absolute atomic E-state index is 11.3. The van der Waals surface area contributed by atoms with Crippen LogP contribution in [0.15, 0.2) is 0 Å². The molecule has 0 atom stereocenters. The molecule has 0 bridgehead atoms. The van der Waals surface area contributed by atoms with E-state index in [2.05, 4.69) is 11.8 Å². The zero-order valence-corrected chi connectivity index (χ0v) is 15.1. The van der Waals surface area contributed by atoms with Crippen LogP contribution in [0.5, 0.6) is 0 Å². The fraction of sp³-hybridized carbons (Fsp3) is 0.944. The summed E-state index contributed by atoms with van der Waals surface area (Å²) < 4.78 is 4.97. The van der Waals surface area contributed by atoms with Crippen molar-refractivity contribution in [3.05, 3.63) is 0 Å². The molecule has 0 fully saturated rings. The fourth-order valence-corrected chi connectivity index (χ4v) is 1.97. The van der Waals surface area contributed by atoms with Crippen molar-refractivity contribution in [3.63, 3.8) is 0 Å². The van der Waals surface area contributed by atoms with Crippen molar-refractivity contribution in [2.24, 2.45) is 0 Å². The normalized spacial score (nSPS) is 11.5. The Balaban J connectivity index is 3.27. The highest BCUT2D eigenvalue weighted by atomic mass is 17.2. The minimum Gasteiger partial charge on any atom is -0.432 e. The van der Waals surface area contributed by atoms with Gasteiger partial charge in [0.15, 0.2) is 0 Å². The summed E-state index contributed by atoms with van der Waals surface area (Å²) in [5.41, 5.74) is -0.462. The van der Waals surface area contributed by atoms with Crippen LogP contribution in [-0.4, -0.2) is 18.4 Å². The highest BCUT2D eigenvalue weighted by Crippen LogP contribution is 2.14. The van der Waals surface area contributed by atoms with Crippen molar-refractivity contribution < 1.29 is 19.3 Å². The van der Waals surface area contributed by atoms with Gasteiger partial charge < -0.3 is 4.74 Å². The maximum atomic E-state index is 11.3. The van der Waals surface area contributed by atoms with Gasteiger partial charge in [-0.25, -0.2) is 4.79 Å². The van der Waals surface area contributed by atoms with E-state index >= 15 is 0 Å². The molecule has 0 amide bonds. The second-order valence-electron chi connectivity index (χ2n) is 6.56. The van der Waals surface area contributed by atoms with Crippen LogP contribution < -0.4 is 0 Å². The molecular formula is C18H36O4. The topological polar surface area (TPSA) is 44.8 Å². The van der Waals surface area contributed by atoms with Gasteiger partial charge in [-0.2, -0.15) is 4.89 Å². The molecule has 0 aliphatic carbocycles. The lowest BCUT2D eigenvalue weighted by Crippen LogP contribution is -2.25. The van der Waals surface area contributed by atoms with Crippen molar-refractivity contribution in [1.29, 1.82) is 0 Å². The first-order valence-electron chi connectivity index (χ1n) is 9.04. The van der Waals surface area contributed by atoms with Gasteiger partial charge in [0, 0.05) is 0 Å². The van der Waals surface area contributed by atoms with E-state index in [1.54, 1.807) is 0 Å². The Kier molecular flexibility index (Phi) is 13.4. The first-order valence-corrected chi connectivity index (χ1v) is 9.04. The van der Waals surface area contributed by atoms with Crippen LogP contribution in [0, 0.1) is 0 Å². The van der Waals surface area contributed by atoms with E-state index in [-0.39, 0.29) is 0 Å². The molecule has 22 heavy (non-hydrogen) atoms. The van der Waals surface area contributed by atoms with E-state index in [1.807, 2.05) is 20.8 Å². The van der Waals surface area contributed by atoms with Gasteiger partial charge in [-0.1, -0.05) is 71.6 Å². The van der Waals surface area contributed by atoms with Gasteiger partial charge in [-0.3, -0.25) is 4.89 Å². The summed E-state index contributed by atoms with van der Waals surface area (Å²) in [5.74, 6) is 0. The van der Waals surface area contributed by atoms with Crippen molar-refractivity contribution in [3.8, 4) is 0 Å². The van der Waals surface area contributed by atoms with Gasteiger partial charge in [0.05, 0.1) is 6.61 Å². The van der Waals surface area contributed by atoms with E-state index < -0.39 is 11.8 Å². The molecule has 0 rings (SSSR count). The van der Waals surface area contributed by atoms with Crippen molar-refractivity contribution in [2.45, 2.75) is 104 Å². The first-order chi connectivity index (χ1) is 10.5. The van der Waals surface area contributed by atoms with Crippen LogP contribution in [0.1, 0.15) is 98.3 Å². The Morgan fingerprint density at radius 1 is 0.818 bits per heavy atom. The van der Waals surface area contributed by atoms with Crippen LogP contribution in [0.4, 0.5) is 4.79 Å². The molecule has 0 N–H and O–H groups in total. The summed E-state index contributed by atoms with van der Waals surface area (Å²) in [4.78, 5) is 20.9. The average Bonchev–Trinajstić information content (AvgIpc) is 2.50. The number of carbonyl (C=O) groups is 1. The van der Waals surface area contributed by atoms with E-state index in [9.17, 15) is 4.79 Å². The van der Waals surface area contributed by atoms with Gasteiger partial charge in [0.1, 0.15) is 5.60 Å². The molecule has 0 aromatic heterocycles. The molecule has 0 aliphatic heterocycles. The van der Waals surface area contributed by atoms with Gasteiger partial charge in [0.25, 0.3) is 0 Å². The molecule has 0 aromatic carbocycles. The smallest absolute Gasteiger partial charge is 0.432 e. The van der Waals surface area contributed by atoms with E-state index in [0.29, 0.717) is 6.61 Å². The summed E-state index contributed by atoms with van der Waals surface area (Å²) in [6.07, 6.45) is 12.6.